The van der Waals surface area contributed by atoms with Gasteiger partial charge in [-0.25, -0.2) is 4.68 Å². The smallest absolute Gasteiger partial charge is 0.266 e. The molecule has 1 aromatic heterocycles. The molecule has 1 amide bonds. The van der Waals surface area contributed by atoms with Crippen LogP contribution in [0.1, 0.15) is 24.5 Å². The maximum atomic E-state index is 13.0. The third-order valence-electron chi connectivity index (χ3n) is 5.37. The van der Waals surface area contributed by atoms with Gasteiger partial charge in [-0.15, -0.1) is 0 Å². The summed E-state index contributed by atoms with van der Waals surface area (Å²) < 4.78 is 13.3. The monoisotopic (exact) mass is 493 g/mol. The van der Waals surface area contributed by atoms with E-state index in [9.17, 15) is 4.79 Å². The molecule has 8 heteroatoms. The Bertz CT molecular complexity index is 1220. The summed E-state index contributed by atoms with van der Waals surface area (Å²) in [4.78, 5) is 15.2. The molecule has 0 aliphatic carbocycles. The van der Waals surface area contributed by atoms with Gasteiger partial charge in [0.25, 0.3) is 5.91 Å². The zero-order valence-corrected chi connectivity index (χ0v) is 21.1. The Morgan fingerprint density at radius 3 is 2.65 bits per heavy atom. The minimum atomic E-state index is -0.106. The van der Waals surface area contributed by atoms with Crippen LogP contribution in [0, 0.1) is 6.92 Å². The van der Waals surface area contributed by atoms with Crippen molar-refractivity contribution in [2.24, 2.45) is 0 Å². The lowest BCUT2D eigenvalue weighted by Crippen LogP contribution is -2.31. The number of aromatic nitrogens is 2. The first-order valence-electron chi connectivity index (χ1n) is 11.1. The molecule has 1 aliphatic rings. The van der Waals surface area contributed by atoms with Gasteiger partial charge in [0.05, 0.1) is 30.4 Å². The van der Waals surface area contributed by atoms with E-state index in [1.807, 2.05) is 72.4 Å². The van der Waals surface area contributed by atoms with Crippen LogP contribution < -0.4 is 4.74 Å². The Labute approximate surface area is 209 Å². The van der Waals surface area contributed by atoms with E-state index in [4.69, 9.17) is 26.8 Å². The van der Waals surface area contributed by atoms with E-state index in [1.165, 1.54) is 11.8 Å². The highest BCUT2D eigenvalue weighted by Gasteiger charge is 2.32. The summed E-state index contributed by atoms with van der Waals surface area (Å²) in [7, 11) is 1.61. The summed E-state index contributed by atoms with van der Waals surface area (Å²) in [5, 5.41) is 4.90. The maximum Gasteiger partial charge on any atom is 0.266 e. The first kappa shape index (κ1) is 24.2. The zero-order chi connectivity index (χ0) is 24.1. The minimum Gasteiger partial charge on any atom is -0.494 e. The lowest BCUT2D eigenvalue weighted by Gasteiger charge is -2.12. The van der Waals surface area contributed by atoms with Gasteiger partial charge in [-0.05, 0) is 55.3 Å². The summed E-state index contributed by atoms with van der Waals surface area (Å²) in [6.07, 6.45) is 4.79. The van der Waals surface area contributed by atoms with Gasteiger partial charge in [0.15, 0.2) is 0 Å². The summed E-state index contributed by atoms with van der Waals surface area (Å²) in [5.41, 5.74) is 4.62. The average molecular weight is 494 g/mol. The van der Waals surface area contributed by atoms with Crippen LogP contribution >= 0.6 is 24.0 Å². The normalized spacial score (nSPS) is 14.9. The topological polar surface area (TPSA) is 56.6 Å². The fourth-order valence-electron chi connectivity index (χ4n) is 3.64. The number of para-hydroxylation sites is 1. The second-order valence-corrected chi connectivity index (χ2v) is 9.54. The number of aryl methyl sites for hydroxylation is 1. The number of benzene rings is 2. The zero-order valence-electron chi connectivity index (χ0n) is 19.5. The van der Waals surface area contributed by atoms with Crippen molar-refractivity contribution in [3.8, 4) is 22.7 Å². The van der Waals surface area contributed by atoms with Crippen molar-refractivity contribution >= 4 is 40.3 Å². The molecule has 6 nitrogen and oxygen atoms in total. The molecule has 0 N–H and O–H groups in total. The summed E-state index contributed by atoms with van der Waals surface area (Å²) in [6.45, 7) is 5.68. The number of thioether (sulfide) groups is 1. The first-order chi connectivity index (χ1) is 16.5. The van der Waals surface area contributed by atoms with E-state index in [0.29, 0.717) is 29.0 Å². The largest absolute Gasteiger partial charge is 0.494 e. The van der Waals surface area contributed by atoms with Crippen molar-refractivity contribution in [2.75, 3.05) is 26.9 Å². The van der Waals surface area contributed by atoms with Crippen LogP contribution in [0.3, 0.4) is 0 Å². The SMILES string of the molecule is CCCOc1ccc(-c2nn(-c3ccccc3)cc2/C=C2\SC(=S)N(CCOC)C2=O)c(C)c1. The molecular weight excluding hydrogens is 466 g/mol. The predicted octanol–water partition coefficient (Wildman–Crippen LogP) is 5.48. The molecule has 0 atom stereocenters. The third-order valence-corrected chi connectivity index (χ3v) is 6.75. The van der Waals surface area contributed by atoms with E-state index >= 15 is 0 Å². The molecule has 1 saturated heterocycles. The quantitative estimate of drug-likeness (QED) is 0.290. The van der Waals surface area contributed by atoms with Crippen LogP contribution in [-0.4, -0.2) is 51.8 Å². The van der Waals surface area contributed by atoms with Gasteiger partial charge in [0.2, 0.25) is 0 Å². The van der Waals surface area contributed by atoms with Crippen LogP contribution in [0.4, 0.5) is 0 Å². The third kappa shape index (κ3) is 5.24. The first-order valence-corrected chi connectivity index (χ1v) is 12.4. The highest BCUT2D eigenvalue weighted by Crippen LogP contribution is 2.36. The molecule has 0 spiro atoms. The molecule has 4 rings (SSSR count). The fourth-order valence-corrected chi connectivity index (χ4v) is 4.94. The number of carbonyl (C=O) groups excluding carboxylic acids is 1. The fraction of sp³-hybridized carbons (Fsp3) is 0.269. The lowest BCUT2D eigenvalue weighted by atomic mass is 10.0. The van der Waals surface area contributed by atoms with Gasteiger partial charge in [-0.3, -0.25) is 9.69 Å². The molecule has 34 heavy (non-hydrogen) atoms. The Morgan fingerprint density at radius 2 is 1.94 bits per heavy atom. The van der Waals surface area contributed by atoms with Crippen LogP contribution in [-0.2, 0) is 9.53 Å². The minimum absolute atomic E-state index is 0.106. The number of methoxy groups -OCH3 is 1. The molecule has 1 aliphatic heterocycles. The van der Waals surface area contributed by atoms with Gasteiger partial charge in [-0.2, -0.15) is 5.10 Å². The highest BCUT2D eigenvalue weighted by atomic mass is 32.2. The van der Waals surface area contributed by atoms with Crippen molar-refractivity contribution < 1.29 is 14.3 Å². The van der Waals surface area contributed by atoms with Crippen LogP contribution in [0.25, 0.3) is 23.0 Å². The molecule has 0 unspecified atom stereocenters. The number of rotatable bonds is 9. The van der Waals surface area contributed by atoms with Crippen LogP contribution in [0.2, 0.25) is 0 Å². The summed E-state index contributed by atoms with van der Waals surface area (Å²) in [5.74, 6) is 0.733. The van der Waals surface area contributed by atoms with E-state index in [0.717, 1.165) is 40.2 Å². The maximum absolute atomic E-state index is 13.0. The second-order valence-electron chi connectivity index (χ2n) is 7.86. The summed E-state index contributed by atoms with van der Waals surface area (Å²) in [6, 6.07) is 15.9. The van der Waals surface area contributed by atoms with Crippen LogP contribution in [0.15, 0.2) is 59.6 Å². The highest BCUT2D eigenvalue weighted by molar-refractivity contribution is 8.26. The molecular formula is C26H27N3O3S2. The standard InChI is InChI=1S/C26H27N3O3S2/c1-4-13-32-21-10-11-22(18(2)15-21)24-19(17-29(27-24)20-8-6-5-7-9-20)16-23-25(30)28(12-14-31-3)26(33)34-23/h5-11,15-17H,4,12-14H2,1-3H3/b23-16-. The van der Waals surface area contributed by atoms with Gasteiger partial charge in [0.1, 0.15) is 15.8 Å². The molecule has 0 radical (unpaired) electrons. The van der Waals surface area contributed by atoms with Crippen molar-refractivity contribution in [3.05, 3.63) is 70.8 Å². The number of amides is 1. The van der Waals surface area contributed by atoms with Gasteiger partial charge in [0, 0.05) is 24.4 Å². The number of hydrogen-bond acceptors (Lipinski definition) is 6. The molecule has 0 saturated carbocycles. The van der Waals surface area contributed by atoms with Crippen LogP contribution in [0.5, 0.6) is 5.75 Å². The summed E-state index contributed by atoms with van der Waals surface area (Å²) >= 11 is 6.75. The van der Waals surface area contributed by atoms with E-state index < -0.39 is 0 Å². The van der Waals surface area contributed by atoms with Crippen molar-refractivity contribution in [2.45, 2.75) is 20.3 Å². The molecule has 2 heterocycles. The predicted molar refractivity (Wildman–Crippen MR) is 141 cm³/mol. The Morgan fingerprint density at radius 1 is 1.15 bits per heavy atom. The van der Waals surface area contributed by atoms with Crippen molar-refractivity contribution in [3.63, 3.8) is 0 Å². The van der Waals surface area contributed by atoms with E-state index in [2.05, 4.69) is 6.92 Å². The van der Waals surface area contributed by atoms with E-state index in [1.54, 1.807) is 12.0 Å². The van der Waals surface area contributed by atoms with Gasteiger partial charge < -0.3 is 9.47 Å². The Balaban J connectivity index is 1.75. The van der Waals surface area contributed by atoms with Crippen molar-refractivity contribution in [1.82, 2.24) is 14.7 Å². The molecule has 2 aromatic carbocycles. The number of carbonyl (C=O) groups is 1. The number of hydrogen-bond donors (Lipinski definition) is 0. The van der Waals surface area contributed by atoms with Gasteiger partial charge >= 0.3 is 0 Å². The molecule has 0 bridgehead atoms. The van der Waals surface area contributed by atoms with E-state index in [-0.39, 0.29) is 5.91 Å². The molecule has 176 valence electrons. The number of ether oxygens (including phenoxy) is 2. The second kappa shape index (κ2) is 11.0. The van der Waals surface area contributed by atoms with Crippen molar-refractivity contribution in [1.29, 1.82) is 0 Å². The molecule has 1 fully saturated rings. The average Bonchev–Trinajstić information content (AvgIpc) is 3.37. The number of nitrogens with zero attached hydrogens (tertiary/aromatic N) is 3. The number of thiocarbonyl (C=S) groups is 1. The molecule has 3 aromatic rings. The Hall–Kier alpha value is -2.94. The lowest BCUT2D eigenvalue weighted by molar-refractivity contribution is -0.122. The Kier molecular flexibility index (Phi) is 7.82. The van der Waals surface area contributed by atoms with Gasteiger partial charge in [-0.1, -0.05) is 49.1 Å².